The molecule has 1 atom stereocenters. The van der Waals surface area contributed by atoms with E-state index in [2.05, 4.69) is 4.99 Å². The Hall–Kier alpha value is -2.01. The second-order valence-corrected chi connectivity index (χ2v) is 4.67. The molecule has 0 aliphatic carbocycles. The quantitative estimate of drug-likeness (QED) is 0.859. The molecule has 0 aromatic heterocycles. The molecule has 0 amide bonds. The van der Waals surface area contributed by atoms with Crippen molar-refractivity contribution in [2.45, 2.75) is 12.5 Å². The van der Waals surface area contributed by atoms with Crippen molar-refractivity contribution in [3.8, 4) is 0 Å². The van der Waals surface area contributed by atoms with Crippen molar-refractivity contribution in [2.24, 2.45) is 10.7 Å². The number of amidine groups is 1. The van der Waals surface area contributed by atoms with Crippen molar-refractivity contribution in [2.75, 3.05) is 0 Å². The van der Waals surface area contributed by atoms with Gasteiger partial charge in [-0.25, -0.2) is 13.2 Å². The number of fused-ring (bicyclic) bond motifs is 1. The Labute approximate surface area is 125 Å². The highest BCUT2D eigenvalue weighted by Gasteiger charge is 2.26. The van der Waals surface area contributed by atoms with Crippen LogP contribution in [0.3, 0.4) is 0 Å². The lowest BCUT2D eigenvalue weighted by Gasteiger charge is -2.22. The molecule has 0 saturated carbocycles. The van der Waals surface area contributed by atoms with Crippen LogP contribution in [0.5, 0.6) is 0 Å². The predicted molar refractivity (Wildman–Crippen MR) is 77.2 cm³/mol. The third kappa shape index (κ3) is 2.74. The molecule has 1 aliphatic heterocycles. The van der Waals surface area contributed by atoms with Gasteiger partial charge in [0, 0.05) is 12.0 Å². The number of benzene rings is 2. The maximum absolute atomic E-state index is 13.8. The van der Waals surface area contributed by atoms with Gasteiger partial charge in [-0.1, -0.05) is 12.1 Å². The number of hydrogen-bond donors (Lipinski definition) is 1. The van der Waals surface area contributed by atoms with Gasteiger partial charge in [0.25, 0.3) is 0 Å². The van der Waals surface area contributed by atoms with Crippen LogP contribution < -0.4 is 5.73 Å². The lowest BCUT2D eigenvalue weighted by molar-refractivity contribution is 0.563. The van der Waals surface area contributed by atoms with Crippen molar-refractivity contribution in [3.63, 3.8) is 0 Å². The second-order valence-electron chi connectivity index (χ2n) is 4.67. The van der Waals surface area contributed by atoms with Gasteiger partial charge in [0.1, 0.15) is 23.3 Å². The SMILES string of the molecule is Cl.NC1=NC(c2ccc(F)cc2)Cc2c(F)ccc(F)c21. The van der Waals surface area contributed by atoms with E-state index in [0.29, 0.717) is 5.56 Å². The summed E-state index contributed by atoms with van der Waals surface area (Å²) in [6, 6.07) is 7.43. The Morgan fingerprint density at radius 1 is 0.952 bits per heavy atom. The van der Waals surface area contributed by atoms with Crippen LogP contribution in [0.2, 0.25) is 0 Å². The highest BCUT2D eigenvalue weighted by Crippen LogP contribution is 2.31. The molecule has 2 nitrogen and oxygen atoms in total. The first kappa shape index (κ1) is 15.4. The highest BCUT2D eigenvalue weighted by atomic mass is 35.5. The summed E-state index contributed by atoms with van der Waals surface area (Å²) in [5.41, 5.74) is 6.70. The minimum atomic E-state index is -0.583. The maximum Gasteiger partial charge on any atom is 0.134 e. The molecular weight excluding hydrogens is 301 g/mol. The van der Waals surface area contributed by atoms with Gasteiger partial charge in [0.05, 0.1) is 11.6 Å². The van der Waals surface area contributed by atoms with Crippen LogP contribution in [-0.2, 0) is 6.42 Å². The minimum Gasteiger partial charge on any atom is -0.383 e. The van der Waals surface area contributed by atoms with Crippen molar-refractivity contribution < 1.29 is 13.2 Å². The number of hydrogen-bond acceptors (Lipinski definition) is 2. The van der Waals surface area contributed by atoms with Gasteiger partial charge in [0.15, 0.2) is 0 Å². The van der Waals surface area contributed by atoms with E-state index < -0.39 is 17.7 Å². The standard InChI is InChI=1S/C15H11F3N2.ClH/c16-9-3-1-8(2-4-9)13-7-10-11(17)5-6-12(18)14(10)15(19)20-13;/h1-6,13H,7H2,(H2,19,20);1H. The van der Waals surface area contributed by atoms with Gasteiger partial charge in [-0.2, -0.15) is 0 Å². The van der Waals surface area contributed by atoms with Gasteiger partial charge >= 0.3 is 0 Å². The fraction of sp³-hybridized carbons (Fsp3) is 0.133. The van der Waals surface area contributed by atoms with Crippen LogP contribution in [0.15, 0.2) is 41.4 Å². The Morgan fingerprint density at radius 3 is 2.24 bits per heavy atom. The maximum atomic E-state index is 13.8. The molecule has 3 rings (SSSR count). The molecule has 21 heavy (non-hydrogen) atoms. The third-order valence-electron chi connectivity index (χ3n) is 3.41. The fourth-order valence-corrected chi connectivity index (χ4v) is 2.42. The second kappa shape index (κ2) is 5.77. The van der Waals surface area contributed by atoms with Gasteiger partial charge in [-0.05, 0) is 29.8 Å². The first-order valence-electron chi connectivity index (χ1n) is 6.12. The summed E-state index contributed by atoms with van der Waals surface area (Å²) in [7, 11) is 0. The molecule has 1 unspecified atom stereocenters. The highest BCUT2D eigenvalue weighted by molar-refractivity contribution is 6.00. The lowest BCUT2D eigenvalue weighted by Crippen LogP contribution is -2.25. The van der Waals surface area contributed by atoms with Crippen molar-refractivity contribution in [3.05, 3.63) is 70.5 Å². The summed E-state index contributed by atoms with van der Waals surface area (Å²) in [4.78, 5) is 4.19. The van der Waals surface area contributed by atoms with Crippen molar-refractivity contribution >= 4 is 18.2 Å². The third-order valence-corrected chi connectivity index (χ3v) is 3.41. The molecule has 110 valence electrons. The van der Waals surface area contributed by atoms with E-state index in [4.69, 9.17) is 5.73 Å². The number of nitrogens with two attached hydrogens (primary N) is 1. The molecule has 1 heterocycles. The van der Waals surface area contributed by atoms with E-state index in [0.717, 1.165) is 12.1 Å². The van der Waals surface area contributed by atoms with Gasteiger partial charge in [0.2, 0.25) is 0 Å². The number of aliphatic imine (C=N–C) groups is 1. The van der Waals surface area contributed by atoms with Crippen LogP contribution in [-0.4, -0.2) is 5.84 Å². The summed E-state index contributed by atoms with van der Waals surface area (Å²) in [5, 5.41) is 0. The Kier molecular flexibility index (Phi) is 4.23. The zero-order valence-electron chi connectivity index (χ0n) is 10.8. The van der Waals surface area contributed by atoms with Gasteiger partial charge in [-0.15, -0.1) is 12.4 Å². The number of nitrogens with zero attached hydrogens (tertiary/aromatic N) is 1. The fourth-order valence-electron chi connectivity index (χ4n) is 2.42. The number of rotatable bonds is 1. The molecule has 2 N–H and O–H groups in total. The predicted octanol–water partition coefficient (Wildman–Crippen LogP) is 3.53. The minimum absolute atomic E-state index is 0. The van der Waals surface area contributed by atoms with Gasteiger partial charge in [-0.3, -0.25) is 4.99 Å². The van der Waals surface area contributed by atoms with Crippen LogP contribution >= 0.6 is 12.4 Å². The van der Waals surface area contributed by atoms with Crippen LogP contribution in [0.4, 0.5) is 13.2 Å². The van der Waals surface area contributed by atoms with Crippen LogP contribution in [0.25, 0.3) is 0 Å². The molecule has 2 aromatic carbocycles. The first-order valence-corrected chi connectivity index (χ1v) is 6.12. The van der Waals surface area contributed by atoms with E-state index in [1.807, 2.05) is 0 Å². The summed E-state index contributed by atoms with van der Waals surface area (Å²) < 4.78 is 40.5. The molecule has 1 aliphatic rings. The summed E-state index contributed by atoms with van der Waals surface area (Å²) in [5.74, 6) is -1.48. The average molecular weight is 313 g/mol. The summed E-state index contributed by atoms with van der Waals surface area (Å²) >= 11 is 0. The molecule has 0 spiro atoms. The number of halogens is 4. The Morgan fingerprint density at radius 2 is 1.57 bits per heavy atom. The normalized spacial score (nSPS) is 16.7. The molecule has 0 radical (unpaired) electrons. The molecular formula is C15H12ClF3N2. The van der Waals surface area contributed by atoms with E-state index in [-0.39, 0.29) is 41.6 Å². The van der Waals surface area contributed by atoms with E-state index in [1.165, 1.54) is 12.1 Å². The smallest absolute Gasteiger partial charge is 0.134 e. The molecule has 6 heteroatoms. The Bertz CT molecular complexity index is 699. The van der Waals surface area contributed by atoms with E-state index in [1.54, 1.807) is 12.1 Å². The largest absolute Gasteiger partial charge is 0.383 e. The monoisotopic (exact) mass is 312 g/mol. The Balaban J connectivity index is 0.00000161. The molecule has 0 fully saturated rings. The van der Waals surface area contributed by atoms with Gasteiger partial charge < -0.3 is 5.73 Å². The topological polar surface area (TPSA) is 38.4 Å². The first-order chi connectivity index (χ1) is 9.56. The van der Waals surface area contributed by atoms with E-state index >= 15 is 0 Å². The molecule has 0 bridgehead atoms. The zero-order valence-corrected chi connectivity index (χ0v) is 11.6. The summed E-state index contributed by atoms with van der Waals surface area (Å²) in [6.45, 7) is 0. The lowest BCUT2D eigenvalue weighted by atomic mass is 9.92. The zero-order chi connectivity index (χ0) is 14.3. The van der Waals surface area contributed by atoms with Crippen LogP contribution in [0, 0.1) is 17.5 Å². The molecule has 2 aromatic rings. The summed E-state index contributed by atoms with van der Waals surface area (Å²) in [6.07, 6.45) is 0.200. The average Bonchev–Trinajstić information content (AvgIpc) is 2.43. The van der Waals surface area contributed by atoms with E-state index in [9.17, 15) is 13.2 Å². The molecule has 0 saturated heterocycles. The van der Waals surface area contributed by atoms with Crippen molar-refractivity contribution in [1.29, 1.82) is 0 Å². The van der Waals surface area contributed by atoms with Crippen molar-refractivity contribution in [1.82, 2.24) is 0 Å². The van der Waals surface area contributed by atoms with Crippen LogP contribution in [0.1, 0.15) is 22.7 Å².